The van der Waals surface area contributed by atoms with E-state index in [9.17, 15) is 29.1 Å². The number of Topliss-reactive ketones (excluding diaryl/α,β-unsaturated/α-hetero) is 1. The van der Waals surface area contributed by atoms with E-state index in [4.69, 9.17) is 19.9 Å². The number of ether oxygens (including phenoxy) is 3. The average molecular weight is 688 g/mol. The first-order valence-electron chi connectivity index (χ1n) is 13.0. The second kappa shape index (κ2) is 15.7. The molecule has 238 valence electrons. The van der Waals surface area contributed by atoms with Crippen molar-refractivity contribution in [3.05, 3.63) is 53.0 Å². The number of halogens is 1. The van der Waals surface area contributed by atoms with Crippen molar-refractivity contribution in [3.63, 3.8) is 0 Å². The predicted octanol–water partition coefficient (Wildman–Crippen LogP) is 2.03. The van der Waals surface area contributed by atoms with Gasteiger partial charge in [0.15, 0.2) is 16.2 Å². The molecule has 0 radical (unpaired) electrons. The molecule has 4 rings (SSSR count). The maximum absolute atomic E-state index is 13.4. The van der Waals surface area contributed by atoms with Crippen LogP contribution in [0.4, 0.5) is 4.79 Å². The molecule has 1 aromatic heterocycles. The van der Waals surface area contributed by atoms with Crippen molar-refractivity contribution < 1.29 is 43.3 Å². The van der Waals surface area contributed by atoms with Crippen molar-refractivity contribution in [2.75, 3.05) is 18.1 Å². The fourth-order valence-electron chi connectivity index (χ4n) is 4.25. The Kier molecular flexibility index (Phi) is 12.6. The maximum Gasteiger partial charge on any atom is 0.511 e. The van der Waals surface area contributed by atoms with Gasteiger partial charge in [0.1, 0.15) is 23.4 Å². The molecule has 1 fully saturated rings. The highest BCUT2D eigenvalue weighted by Crippen LogP contribution is 2.42. The monoisotopic (exact) mass is 687 g/mol. The van der Waals surface area contributed by atoms with Crippen LogP contribution < -0.4 is 11.1 Å². The fraction of sp³-hybridized carbons (Fsp3) is 0.423. The summed E-state index contributed by atoms with van der Waals surface area (Å²) in [5.41, 5.74) is 6.39. The first-order valence-corrected chi connectivity index (χ1v) is 15.8. The number of β-lactam (4-membered cyclic amide) rings is 1. The number of fused-ring (bicyclic) bond motifs is 1. The van der Waals surface area contributed by atoms with Gasteiger partial charge in [0.25, 0.3) is 11.8 Å². The van der Waals surface area contributed by atoms with Gasteiger partial charge in [0.2, 0.25) is 6.29 Å². The second-order valence-electron chi connectivity index (χ2n) is 9.26. The smallest absolute Gasteiger partial charge is 0.435 e. The Morgan fingerprint density at radius 3 is 2.61 bits per heavy atom. The molecule has 0 spiro atoms. The molecular formula is C26H30ClN5O9S3. The van der Waals surface area contributed by atoms with Crippen molar-refractivity contribution in [1.29, 1.82) is 0 Å². The molecule has 1 saturated heterocycles. The highest BCUT2D eigenvalue weighted by molar-refractivity contribution is 8.01. The van der Waals surface area contributed by atoms with Crippen LogP contribution in [0.15, 0.2) is 46.2 Å². The SMILES string of the molecule is CCOC(=O)OC(C)OC(=O)C1=C(CSc2ncns2)CS[C@H]2C(NC(=O)C(O)c3ccccc3C(=O)[C@H](C)N)C(=O)N12.Cl. The molecule has 0 aliphatic carbocycles. The molecule has 4 N–H and O–H groups in total. The lowest BCUT2D eigenvalue weighted by atomic mass is 9.95. The predicted molar refractivity (Wildman–Crippen MR) is 163 cm³/mol. The molecule has 2 amide bonds. The molecule has 2 aliphatic rings. The van der Waals surface area contributed by atoms with Crippen LogP contribution in [0.5, 0.6) is 0 Å². The minimum atomic E-state index is -1.76. The highest BCUT2D eigenvalue weighted by Gasteiger charge is 2.55. The lowest BCUT2D eigenvalue weighted by molar-refractivity contribution is -0.169. The zero-order valence-electron chi connectivity index (χ0n) is 23.7. The van der Waals surface area contributed by atoms with Gasteiger partial charge in [-0.05, 0) is 31.0 Å². The van der Waals surface area contributed by atoms with E-state index >= 15 is 0 Å². The fourth-order valence-corrected chi connectivity index (χ4v) is 7.18. The van der Waals surface area contributed by atoms with E-state index < -0.39 is 59.6 Å². The van der Waals surface area contributed by atoms with E-state index in [2.05, 4.69) is 14.7 Å². The number of aliphatic hydroxyl groups excluding tert-OH is 1. The number of esters is 1. The van der Waals surface area contributed by atoms with Crippen LogP contribution in [0, 0.1) is 0 Å². The number of thioether (sulfide) groups is 2. The van der Waals surface area contributed by atoms with E-state index in [1.165, 1.54) is 72.3 Å². The third-order valence-corrected chi connectivity index (χ3v) is 9.45. The largest absolute Gasteiger partial charge is 0.511 e. The van der Waals surface area contributed by atoms with E-state index in [1.807, 2.05) is 0 Å². The quantitative estimate of drug-likeness (QED) is 0.0962. The van der Waals surface area contributed by atoms with Crippen molar-refractivity contribution in [2.45, 2.75) is 55.0 Å². The zero-order valence-corrected chi connectivity index (χ0v) is 26.9. The van der Waals surface area contributed by atoms with E-state index in [0.717, 1.165) is 0 Å². The standard InChI is InChI=1S/C26H29N5O9S3.ClH/c1-4-38-26(37)40-13(3)39-24(36)18-14(10-42-25-28-11-29-43-25)9-41-23-17(22(35)31(18)23)30-21(34)20(33)16-8-6-5-7-15(16)19(32)12(2)27;/h5-8,11-13,17,20,23,33H,4,9-10,27H2,1-3H3,(H,30,34);1H/t12-,13?,17?,20?,23-;/m0./s1. The topological polar surface area (TPSA) is 200 Å². The minimum absolute atomic E-state index is 0. The van der Waals surface area contributed by atoms with Gasteiger partial charge in [-0.1, -0.05) is 36.0 Å². The van der Waals surface area contributed by atoms with E-state index in [1.54, 1.807) is 19.1 Å². The third kappa shape index (κ3) is 7.89. The number of carbonyl (C=O) groups excluding carboxylic acids is 5. The first kappa shape index (κ1) is 35.3. The lowest BCUT2D eigenvalue weighted by Crippen LogP contribution is -2.71. The normalized spacial score (nSPS) is 19.4. The van der Waals surface area contributed by atoms with Crippen LogP contribution in [-0.4, -0.2) is 90.9 Å². The number of rotatable bonds is 12. The molecule has 44 heavy (non-hydrogen) atoms. The summed E-state index contributed by atoms with van der Waals surface area (Å²) in [5, 5.41) is 12.7. The molecule has 3 unspecified atom stereocenters. The van der Waals surface area contributed by atoms with Gasteiger partial charge in [0, 0.05) is 29.6 Å². The first-order chi connectivity index (χ1) is 20.5. The van der Waals surface area contributed by atoms with E-state index in [0.29, 0.717) is 15.7 Å². The number of nitrogens with two attached hydrogens (primary N) is 1. The molecule has 0 saturated carbocycles. The second-order valence-corrected chi connectivity index (χ2v) is 12.4. The molecule has 2 aromatic rings. The number of nitrogens with zero attached hydrogens (tertiary/aromatic N) is 3. The summed E-state index contributed by atoms with van der Waals surface area (Å²) in [6, 6.07) is 4.11. The molecule has 18 heteroatoms. The summed E-state index contributed by atoms with van der Waals surface area (Å²) < 4.78 is 19.6. The Morgan fingerprint density at radius 1 is 1.23 bits per heavy atom. The zero-order chi connectivity index (χ0) is 31.3. The number of nitrogens with one attached hydrogen (secondary N) is 1. The molecule has 3 heterocycles. The number of aromatic nitrogens is 2. The Bertz CT molecular complexity index is 1430. The number of ketones is 1. The van der Waals surface area contributed by atoms with E-state index in [-0.39, 0.29) is 41.6 Å². The molecule has 2 aliphatic heterocycles. The van der Waals surface area contributed by atoms with Crippen molar-refractivity contribution in [1.82, 2.24) is 19.6 Å². The van der Waals surface area contributed by atoms with Gasteiger partial charge in [-0.3, -0.25) is 19.3 Å². The van der Waals surface area contributed by atoms with Crippen LogP contribution in [0.2, 0.25) is 0 Å². The Balaban J connectivity index is 0.00000529. The maximum atomic E-state index is 13.4. The van der Waals surface area contributed by atoms with Crippen LogP contribution in [0.1, 0.15) is 42.8 Å². The number of amides is 2. The van der Waals surface area contributed by atoms with Gasteiger partial charge in [0.05, 0.1) is 12.6 Å². The number of aliphatic hydroxyl groups is 1. The summed E-state index contributed by atoms with van der Waals surface area (Å²) in [6.45, 7) is 4.48. The number of hydrogen-bond donors (Lipinski definition) is 3. The van der Waals surface area contributed by atoms with Crippen molar-refractivity contribution in [2.24, 2.45) is 5.73 Å². The van der Waals surface area contributed by atoms with Crippen molar-refractivity contribution in [3.8, 4) is 0 Å². The molecular weight excluding hydrogens is 658 g/mol. The summed E-state index contributed by atoms with van der Waals surface area (Å²) in [7, 11) is 0. The molecule has 1 aromatic carbocycles. The molecule has 14 nitrogen and oxygen atoms in total. The summed E-state index contributed by atoms with van der Waals surface area (Å²) in [5.74, 6) is -2.27. The Hall–Kier alpha value is -3.22. The lowest BCUT2D eigenvalue weighted by Gasteiger charge is -2.50. The van der Waals surface area contributed by atoms with Crippen molar-refractivity contribution >= 4 is 77.2 Å². The summed E-state index contributed by atoms with van der Waals surface area (Å²) in [4.78, 5) is 69.3. The Morgan fingerprint density at radius 2 is 1.95 bits per heavy atom. The minimum Gasteiger partial charge on any atom is -0.435 e. The molecule has 5 atom stereocenters. The van der Waals surface area contributed by atoms with Gasteiger partial charge in [-0.15, -0.1) is 24.2 Å². The average Bonchev–Trinajstić information content (AvgIpc) is 3.51. The van der Waals surface area contributed by atoms with Crippen LogP contribution >= 0.6 is 47.5 Å². The van der Waals surface area contributed by atoms with Gasteiger partial charge in [-0.2, -0.15) is 4.37 Å². The highest BCUT2D eigenvalue weighted by atomic mass is 35.5. The summed E-state index contributed by atoms with van der Waals surface area (Å²) >= 11 is 3.81. The van der Waals surface area contributed by atoms with Crippen LogP contribution in [0.3, 0.4) is 0 Å². The number of hydrogen-bond acceptors (Lipinski definition) is 15. The number of carbonyl (C=O) groups is 5. The van der Waals surface area contributed by atoms with Crippen LogP contribution in [0.25, 0.3) is 0 Å². The van der Waals surface area contributed by atoms with Gasteiger partial charge >= 0.3 is 12.1 Å². The van der Waals surface area contributed by atoms with Crippen LogP contribution in [-0.2, 0) is 28.6 Å². The Labute approximate surface area is 271 Å². The van der Waals surface area contributed by atoms with Gasteiger partial charge < -0.3 is 30.4 Å². The third-order valence-electron chi connectivity index (χ3n) is 6.23. The summed E-state index contributed by atoms with van der Waals surface area (Å²) in [6.07, 6.45) is -2.69. The molecule has 0 bridgehead atoms. The number of benzene rings is 1. The van der Waals surface area contributed by atoms with Gasteiger partial charge in [-0.25, -0.2) is 14.6 Å².